The number of guanidine groups is 1. The second kappa shape index (κ2) is 12.9. The van der Waals surface area contributed by atoms with E-state index in [2.05, 4.69) is 15.6 Å². The Kier molecular flexibility index (Phi) is 9.66. The van der Waals surface area contributed by atoms with Crippen LogP contribution in [0.2, 0.25) is 0 Å². The van der Waals surface area contributed by atoms with Gasteiger partial charge >= 0.3 is 0 Å². The molecule has 0 radical (unpaired) electrons. The molecular weight excluding hydrogens is 488 g/mol. The normalized spacial score (nSPS) is 16.5. The molecule has 204 valence electrons. The lowest BCUT2D eigenvalue weighted by molar-refractivity contribution is -0.142. The molecule has 1 saturated heterocycles. The Morgan fingerprint density at radius 2 is 1.74 bits per heavy atom. The third-order valence-corrected chi connectivity index (χ3v) is 6.22. The van der Waals surface area contributed by atoms with Crippen molar-refractivity contribution < 1.29 is 24.6 Å². The van der Waals surface area contributed by atoms with Gasteiger partial charge < -0.3 is 37.2 Å². The van der Waals surface area contributed by atoms with Gasteiger partial charge in [-0.25, -0.2) is 4.99 Å². The molecule has 0 unspecified atom stereocenters. The van der Waals surface area contributed by atoms with Gasteiger partial charge in [-0.1, -0.05) is 26.0 Å². The van der Waals surface area contributed by atoms with Crippen molar-refractivity contribution in [2.45, 2.75) is 57.7 Å². The summed E-state index contributed by atoms with van der Waals surface area (Å²) < 4.78 is 0. The molecule has 11 nitrogen and oxygen atoms in total. The highest BCUT2D eigenvalue weighted by molar-refractivity contribution is 5.99. The second-order valence-electron chi connectivity index (χ2n) is 9.84. The number of hydrogen-bond acceptors (Lipinski definition) is 6. The van der Waals surface area contributed by atoms with Crippen molar-refractivity contribution in [1.82, 2.24) is 10.2 Å². The fourth-order valence-corrected chi connectivity index (χ4v) is 4.41. The number of aliphatic hydroxyl groups excluding tert-OH is 1. The first-order valence-corrected chi connectivity index (χ1v) is 12.6. The van der Waals surface area contributed by atoms with E-state index in [1.807, 2.05) is 13.8 Å². The Hall–Kier alpha value is -4.12. The zero-order chi connectivity index (χ0) is 27.8. The first kappa shape index (κ1) is 28.5. The van der Waals surface area contributed by atoms with Crippen LogP contribution in [-0.4, -0.2) is 63.5 Å². The predicted molar refractivity (Wildman–Crippen MR) is 144 cm³/mol. The minimum absolute atomic E-state index is 0.0332. The molecule has 1 aliphatic rings. The number of nitrogens with one attached hydrogen (secondary N) is 2. The van der Waals surface area contributed by atoms with Crippen molar-refractivity contribution in [2.75, 3.05) is 11.9 Å². The number of nitrogens with zero attached hydrogens (tertiary/aromatic N) is 2. The molecule has 0 aromatic heterocycles. The molecule has 3 amide bonds. The first-order valence-electron chi connectivity index (χ1n) is 12.6. The first-order chi connectivity index (χ1) is 18.0. The van der Waals surface area contributed by atoms with Crippen LogP contribution in [0.5, 0.6) is 5.75 Å². The standard InChI is InChI=1S/C27H36N6O5/c1-16(2)14-21(32-25(37)23(35)15-17-5-11-20(34)12-6-17)26(38)33-13-3-4-22(33)24(36)30-18-7-9-19(10-8-18)31-27(28)29/h5-12,16,21-23,34-35H,3-4,13-15H2,1-2H3,(H,30,36)(H,32,37)(H4,28,29,31)/t21-,22+,23-/m1/s1. The number of aliphatic hydroxyl groups is 1. The maximum Gasteiger partial charge on any atom is 0.249 e. The van der Waals surface area contributed by atoms with Crippen molar-refractivity contribution in [1.29, 1.82) is 0 Å². The second-order valence-corrected chi connectivity index (χ2v) is 9.84. The molecule has 0 spiro atoms. The number of phenols is 1. The van der Waals surface area contributed by atoms with E-state index in [1.54, 1.807) is 36.4 Å². The summed E-state index contributed by atoms with van der Waals surface area (Å²) >= 11 is 0. The zero-order valence-electron chi connectivity index (χ0n) is 21.6. The number of carbonyl (C=O) groups is 3. The van der Waals surface area contributed by atoms with E-state index in [9.17, 15) is 24.6 Å². The molecule has 1 heterocycles. The quantitative estimate of drug-likeness (QED) is 0.200. The lowest BCUT2D eigenvalue weighted by Gasteiger charge is -2.30. The molecule has 3 rings (SSSR count). The average molecular weight is 525 g/mol. The van der Waals surface area contributed by atoms with Gasteiger partial charge in [-0.05, 0) is 67.1 Å². The molecular formula is C27H36N6O5. The van der Waals surface area contributed by atoms with Gasteiger partial charge in [0.1, 0.15) is 23.9 Å². The largest absolute Gasteiger partial charge is 0.508 e. The van der Waals surface area contributed by atoms with E-state index in [1.165, 1.54) is 17.0 Å². The van der Waals surface area contributed by atoms with Gasteiger partial charge in [0.15, 0.2) is 5.96 Å². The van der Waals surface area contributed by atoms with Gasteiger partial charge in [0.05, 0.1) is 5.69 Å². The van der Waals surface area contributed by atoms with Crippen LogP contribution in [0, 0.1) is 5.92 Å². The van der Waals surface area contributed by atoms with E-state index < -0.39 is 24.1 Å². The molecule has 11 heteroatoms. The van der Waals surface area contributed by atoms with Crippen LogP contribution in [0.25, 0.3) is 0 Å². The third-order valence-electron chi connectivity index (χ3n) is 6.22. The maximum atomic E-state index is 13.5. The van der Waals surface area contributed by atoms with Crippen molar-refractivity contribution in [2.24, 2.45) is 22.4 Å². The van der Waals surface area contributed by atoms with Crippen LogP contribution in [-0.2, 0) is 20.8 Å². The lowest BCUT2D eigenvalue weighted by atomic mass is 10.0. The average Bonchev–Trinajstić information content (AvgIpc) is 3.35. The molecule has 1 aliphatic heterocycles. The number of nitrogens with two attached hydrogens (primary N) is 2. The maximum absolute atomic E-state index is 13.5. The van der Waals surface area contributed by atoms with Crippen LogP contribution < -0.4 is 22.1 Å². The molecule has 38 heavy (non-hydrogen) atoms. The number of likely N-dealkylation sites (tertiary alicyclic amines) is 1. The molecule has 0 aliphatic carbocycles. The van der Waals surface area contributed by atoms with Gasteiger partial charge in [0.25, 0.3) is 0 Å². The van der Waals surface area contributed by atoms with E-state index in [4.69, 9.17) is 11.5 Å². The van der Waals surface area contributed by atoms with Gasteiger partial charge in [0, 0.05) is 18.7 Å². The summed E-state index contributed by atoms with van der Waals surface area (Å²) in [6, 6.07) is 11.3. The van der Waals surface area contributed by atoms with Crippen LogP contribution in [0.1, 0.15) is 38.7 Å². The number of anilines is 1. The highest BCUT2D eigenvalue weighted by atomic mass is 16.3. The smallest absolute Gasteiger partial charge is 0.249 e. The van der Waals surface area contributed by atoms with E-state index in [-0.39, 0.29) is 35.9 Å². The number of hydrogen-bond donors (Lipinski definition) is 6. The Balaban J connectivity index is 1.66. The predicted octanol–water partition coefficient (Wildman–Crippen LogP) is 1.36. The van der Waals surface area contributed by atoms with Crippen molar-refractivity contribution >= 4 is 35.1 Å². The molecule has 3 atom stereocenters. The van der Waals surface area contributed by atoms with Gasteiger partial charge in [0.2, 0.25) is 17.7 Å². The Morgan fingerprint density at radius 1 is 1.08 bits per heavy atom. The molecule has 2 aromatic rings. The number of aliphatic imine (C=N–C) groups is 1. The number of benzene rings is 2. The number of rotatable bonds is 10. The topological polar surface area (TPSA) is 183 Å². The van der Waals surface area contributed by atoms with Gasteiger partial charge in [-0.3, -0.25) is 14.4 Å². The van der Waals surface area contributed by atoms with Gasteiger partial charge in [-0.2, -0.15) is 0 Å². The summed E-state index contributed by atoms with van der Waals surface area (Å²) in [5.41, 5.74) is 12.5. The highest BCUT2D eigenvalue weighted by Crippen LogP contribution is 2.23. The SMILES string of the molecule is CC(C)C[C@@H](NC(=O)[C@H](O)Cc1ccc(O)cc1)C(=O)N1CCC[C@H]1C(=O)Nc1ccc(N=C(N)N)cc1. The fraction of sp³-hybridized carbons (Fsp3) is 0.407. The summed E-state index contributed by atoms with van der Waals surface area (Å²) in [5, 5.41) is 25.4. The molecule has 0 saturated carbocycles. The van der Waals surface area contributed by atoms with E-state index in [0.29, 0.717) is 42.7 Å². The summed E-state index contributed by atoms with van der Waals surface area (Å²) in [4.78, 5) is 44.8. The molecule has 8 N–H and O–H groups in total. The number of phenolic OH excluding ortho intramolecular Hbond substituents is 1. The summed E-state index contributed by atoms with van der Waals surface area (Å²) in [6.07, 6.45) is 0.162. The van der Waals surface area contributed by atoms with Crippen LogP contribution in [0.15, 0.2) is 53.5 Å². The minimum Gasteiger partial charge on any atom is -0.508 e. The van der Waals surface area contributed by atoms with Crippen molar-refractivity contribution in [3.63, 3.8) is 0 Å². The van der Waals surface area contributed by atoms with Crippen LogP contribution in [0.3, 0.4) is 0 Å². The Bertz CT molecular complexity index is 1150. The van der Waals surface area contributed by atoms with Gasteiger partial charge in [-0.15, -0.1) is 0 Å². The monoisotopic (exact) mass is 524 g/mol. The summed E-state index contributed by atoms with van der Waals surface area (Å²) in [7, 11) is 0. The zero-order valence-corrected chi connectivity index (χ0v) is 21.6. The number of amides is 3. The molecule has 1 fully saturated rings. The number of carbonyl (C=O) groups excluding carboxylic acids is 3. The number of aromatic hydroxyl groups is 1. The van der Waals surface area contributed by atoms with Crippen molar-refractivity contribution in [3.05, 3.63) is 54.1 Å². The van der Waals surface area contributed by atoms with Crippen LogP contribution >= 0.6 is 0 Å². The highest BCUT2D eigenvalue weighted by Gasteiger charge is 2.38. The minimum atomic E-state index is -1.37. The summed E-state index contributed by atoms with van der Waals surface area (Å²) in [6.45, 7) is 4.25. The Labute approximate surface area is 221 Å². The van der Waals surface area contributed by atoms with Crippen LogP contribution in [0.4, 0.5) is 11.4 Å². The molecule has 0 bridgehead atoms. The molecule has 2 aromatic carbocycles. The summed E-state index contributed by atoms with van der Waals surface area (Å²) in [5.74, 6) is -1.26. The van der Waals surface area contributed by atoms with E-state index >= 15 is 0 Å². The lowest BCUT2D eigenvalue weighted by Crippen LogP contribution is -2.54. The fourth-order valence-electron chi connectivity index (χ4n) is 4.41. The Morgan fingerprint density at radius 3 is 2.34 bits per heavy atom. The van der Waals surface area contributed by atoms with E-state index in [0.717, 1.165) is 0 Å². The van der Waals surface area contributed by atoms with Crippen molar-refractivity contribution in [3.8, 4) is 5.75 Å². The third kappa shape index (κ3) is 7.94.